The zero-order chi connectivity index (χ0) is 46.8. The first-order valence-electron chi connectivity index (χ1n) is 24.3. The molecule has 0 N–H and O–H groups in total. The van der Waals surface area contributed by atoms with E-state index in [1.54, 1.807) is 0 Å². The molecule has 0 aliphatic heterocycles. The number of para-hydroxylation sites is 5. The zero-order valence-electron chi connectivity index (χ0n) is 38.7. The van der Waals surface area contributed by atoms with Gasteiger partial charge in [-0.15, -0.1) is 0 Å². The predicted octanol–water partition coefficient (Wildman–Crippen LogP) is 19.1. The summed E-state index contributed by atoms with van der Waals surface area (Å²) in [7, 11) is 0. The highest BCUT2D eigenvalue weighted by Crippen LogP contribution is 2.43. The van der Waals surface area contributed by atoms with Gasteiger partial charge in [0.05, 0.1) is 16.7 Å². The van der Waals surface area contributed by atoms with E-state index < -0.39 is 0 Å². The molecule has 0 saturated heterocycles. The topological polar surface area (TPSA) is 21.3 Å². The Labute approximate surface area is 411 Å². The Hall–Kier alpha value is -9.44. The zero-order valence-corrected chi connectivity index (χ0v) is 38.7. The van der Waals surface area contributed by atoms with Crippen LogP contribution in [0.1, 0.15) is 0 Å². The van der Waals surface area contributed by atoms with Crippen molar-refractivity contribution in [3.05, 3.63) is 267 Å². The summed E-state index contributed by atoms with van der Waals surface area (Å²) in [6.07, 6.45) is 0. The lowest BCUT2D eigenvalue weighted by Gasteiger charge is -2.26. The van der Waals surface area contributed by atoms with Crippen molar-refractivity contribution >= 4 is 82.4 Å². The SMILES string of the molecule is c1cc(-c2ccc(N(c3ccc(-c4cc5ccccc5c5ccccc45)cc3)c3ccc(-c4cccc5c4oc4ccccc45)cc3)cc2)cc(-c2ccccc2-n2c3ccccc3c3ccccc32)c1. The fourth-order valence-corrected chi connectivity index (χ4v) is 11.1. The second-order valence-electron chi connectivity index (χ2n) is 18.4. The van der Waals surface area contributed by atoms with Crippen molar-refractivity contribution in [1.82, 2.24) is 4.57 Å². The molecule has 0 bridgehead atoms. The largest absolute Gasteiger partial charge is 0.455 e. The molecule has 0 amide bonds. The molecule has 0 spiro atoms. The van der Waals surface area contributed by atoms with E-state index in [9.17, 15) is 0 Å². The number of benzene rings is 12. The molecule has 3 nitrogen and oxygen atoms in total. The summed E-state index contributed by atoms with van der Waals surface area (Å²) in [5, 5.41) is 9.80. The van der Waals surface area contributed by atoms with E-state index in [0.29, 0.717) is 0 Å². The monoisotopic (exact) mass is 904 g/mol. The highest BCUT2D eigenvalue weighted by molar-refractivity contribution is 6.14. The second-order valence-corrected chi connectivity index (χ2v) is 18.4. The van der Waals surface area contributed by atoms with E-state index in [-0.39, 0.29) is 0 Å². The van der Waals surface area contributed by atoms with Gasteiger partial charge < -0.3 is 13.9 Å². The molecule has 14 rings (SSSR count). The summed E-state index contributed by atoms with van der Waals surface area (Å²) in [6, 6.07) is 96.6. The van der Waals surface area contributed by atoms with Gasteiger partial charge in [-0.1, -0.05) is 194 Å². The maximum atomic E-state index is 6.47. The first kappa shape index (κ1) is 40.6. The quantitative estimate of drug-likeness (QED) is 0.142. The number of hydrogen-bond acceptors (Lipinski definition) is 2. The van der Waals surface area contributed by atoms with E-state index in [4.69, 9.17) is 4.42 Å². The van der Waals surface area contributed by atoms with E-state index in [0.717, 1.165) is 66.9 Å². The lowest BCUT2D eigenvalue weighted by molar-refractivity contribution is 0.670. The third-order valence-corrected chi connectivity index (χ3v) is 14.4. The highest BCUT2D eigenvalue weighted by Gasteiger charge is 2.19. The molecule has 0 aliphatic rings. The van der Waals surface area contributed by atoms with E-state index in [1.807, 2.05) is 12.1 Å². The molecule has 2 aromatic heterocycles. The molecule has 0 unspecified atom stereocenters. The van der Waals surface area contributed by atoms with Gasteiger partial charge in [0, 0.05) is 49.7 Å². The van der Waals surface area contributed by atoms with Crippen molar-refractivity contribution < 1.29 is 4.42 Å². The first-order valence-corrected chi connectivity index (χ1v) is 24.3. The molecule has 3 heteroatoms. The molecule has 12 aromatic carbocycles. The van der Waals surface area contributed by atoms with Gasteiger partial charge in [-0.25, -0.2) is 0 Å². The summed E-state index contributed by atoms with van der Waals surface area (Å²) in [4.78, 5) is 2.36. The Morgan fingerprint density at radius 3 is 1.48 bits per heavy atom. The van der Waals surface area contributed by atoms with Crippen LogP contribution in [0.25, 0.3) is 115 Å². The Balaban J connectivity index is 0.849. The summed E-state index contributed by atoms with van der Waals surface area (Å²) in [6.45, 7) is 0. The van der Waals surface area contributed by atoms with Crippen molar-refractivity contribution in [3.63, 3.8) is 0 Å². The van der Waals surface area contributed by atoms with Crippen LogP contribution < -0.4 is 4.90 Å². The number of anilines is 3. The molecular weight excluding hydrogens is 861 g/mol. The van der Waals surface area contributed by atoms with Crippen molar-refractivity contribution in [3.8, 4) is 50.2 Å². The molecule has 0 saturated carbocycles. The Bertz CT molecular complexity index is 4280. The van der Waals surface area contributed by atoms with Crippen LogP contribution in [0.2, 0.25) is 0 Å². The van der Waals surface area contributed by atoms with Crippen LogP contribution in [0.15, 0.2) is 271 Å². The fourth-order valence-electron chi connectivity index (χ4n) is 11.1. The van der Waals surface area contributed by atoms with Gasteiger partial charge in [-0.2, -0.15) is 0 Å². The number of fused-ring (bicyclic) bond motifs is 9. The summed E-state index contributed by atoms with van der Waals surface area (Å²) >= 11 is 0. The predicted molar refractivity (Wildman–Crippen MR) is 299 cm³/mol. The Kier molecular flexibility index (Phi) is 9.53. The average molecular weight is 905 g/mol. The van der Waals surface area contributed by atoms with Gasteiger partial charge in [0.2, 0.25) is 0 Å². The Morgan fingerprint density at radius 2 is 0.775 bits per heavy atom. The molecule has 332 valence electrons. The van der Waals surface area contributed by atoms with Crippen molar-refractivity contribution in [2.45, 2.75) is 0 Å². The standard InChI is InChI=1S/C68H44N2O/c1-2-18-54-50(15-1)44-63(58-21-4-3-20-57(54)58)47-35-41-53(42-36-47)69(52-39-33-46(34-40-52)56-25-14-26-62-61-24-8-12-30-67(61)71-68(56)62)51-37-31-45(32-38-51)48-16-13-17-49(43-48)55-19-5-9-27-64(55)70-65-28-10-6-22-59(65)60-23-7-11-29-66(60)70/h1-44H. The van der Waals surface area contributed by atoms with Crippen LogP contribution in [0.5, 0.6) is 0 Å². The fraction of sp³-hybridized carbons (Fsp3) is 0. The number of nitrogens with zero attached hydrogens (tertiary/aromatic N) is 2. The van der Waals surface area contributed by atoms with Gasteiger partial charge in [-0.3, -0.25) is 0 Å². The molecule has 0 radical (unpaired) electrons. The molecule has 0 fully saturated rings. The van der Waals surface area contributed by atoms with E-state index >= 15 is 0 Å². The smallest absolute Gasteiger partial charge is 0.143 e. The van der Waals surface area contributed by atoms with Crippen LogP contribution in [-0.2, 0) is 0 Å². The maximum absolute atomic E-state index is 6.47. The van der Waals surface area contributed by atoms with Gasteiger partial charge in [0.15, 0.2) is 0 Å². The lowest BCUT2D eigenvalue weighted by Crippen LogP contribution is -2.09. The van der Waals surface area contributed by atoms with Crippen LogP contribution in [0, 0.1) is 0 Å². The van der Waals surface area contributed by atoms with Crippen molar-refractivity contribution in [2.24, 2.45) is 0 Å². The summed E-state index contributed by atoms with van der Waals surface area (Å²) in [5.41, 5.74) is 17.8. The molecule has 0 atom stereocenters. The van der Waals surface area contributed by atoms with Crippen molar-refractivity contribution in [1.29, 1.82) is 0 Å². The number of aromatic nitrogens is 1. The van der Waals surface area contributed by atoms with Crippen LogP contribution >= 0.6 is 0 Å². The summed E-state index contributed by atoms with van der Waals surface area (Å²) in [5.74, 6) is 0. The number of furan rings is 1. The number of rotatable bonds is 8. The van der Waals surface area contributed by atoms with E-state index in [2.05, 4.69) is 264 Å². The van der Waals surface area contributed by atoms with Crippen LogP contribution in [-0.4, -0.2) is 4.57 Å². The van der Waals surface area contributed by atoms with Crippen LogP contribution in [0.3, 0.4) is 0 Å². The third kappa shape index (κ3) is 6.82. The minimum absolute atomic E-state index is 0.900. The lowest BCUT2D eigenvalue weighted by atomic mass is 9.93. The average Bonchev–Trinajstić information content (AvgIpc) is 4.00. The highest BCUT2D eigenvalue weighted by atomic mass is 16.3. The van der Waals surface area contributed by atoms with Gasteiger partial charge in [0.1, 0.15) is 11.2 Å². The third-order valence-electron chi connectivity index (χ3n) is 14.4. The molecule has 0 aliphatic carbocycles. The van der Waals surface area contributed by atoms with Gasteiger partial charge >= 0.3 is 0 Å². The minimum atomic E-state index is 0.900. The molecule has 71 heavy (non-hydrogen) atoms. The molecule has 2 heterocycles. The van der Waals surface area contributed by atoms with E-state index in [1.165, 1.54) is 65.6 Å². The van der Waals surface area contributed by atoms with Crippen molar-refractivity contribution in [2.75, 3.05) is 4.90 Å². The first-order chi connectivity index (χ1) is 35.2. The second kappa shape index (κ2) is 16.7. The van der Waals surface area contributed by atoms with Gasteiger partial charge in [-0.05, 0) is 128 Å². The minimum Gasteiger partial charge on any atom is -0.455 e. The number of hydrogen-bond donors (Lipinski definition) is 0. The Morgan fingerprint density at radius 1 is 0.282 bits per heavy atom. The van der Waals surface area contributed by atoms with Crippen LogP contribution in [0.4, 0.5) is 17.1 Å². The molecular formula is C68H44N2O. The van der Waals surface area contributed by atoms with Gasteiger partial charge in [0.25, 0.3) is 0 Å². The summed E-state index contributed by atoms with van der Waals surface area (Å²) < 4.78 is 8.89. The maximum Gasteiger partial charge on any atom is 0.143 e. The normalized spacial score (nSPS) is 11.7. The molecule has 14 aromatic rings.